The molecule has 0 unspecified atom stereocenters. The Morgan fingerprint density at radius 1 is 1.40 bits per heavy atom. The fraction of sp³-hybridized carbons (Fsp3) is 0.889. The third-order valence-electron chi connectivity index (χ3n) is 2.66. The van der Waals surface area contributed by atoms with Crippen LogP contribution in [-0.2, 0) is 14.6 Å². The molecule has 1 rings (SSSR count). The molecule has 88 valence electrons. The minimum absolute atomic E-state index is 0.112. The summed E-state index contributed by atoms with van der Waals surface area (Å²) in [7, 11) is -3.19. The molecule has 6 heteroatoms. The van der Waals surface area contributed by atoms with Crippen molar-refractivity contribution in [2.24, 2.45) is 0 Å². The number of carbonyl (C=O) groups is 1. The summed E-state index contributed by atoms with van der Waals surface area (Å²) in [5, 5.41) is 9.60. The average Bonchev–Trinajstić information content (AvgIpc) is 2.41. The molecule has 0 spiro atoms. The summed E-state index contributed by atoms with van der Waals surface area (Å²) in [4.78, 5) is 13.0. The minimum Gasteiger partial charge on any atom is -0.390 e. The van der Waals surface area contributed by atoms with Gasteiger partial charge < -0.3 is 10.0 Å². The number of hydrogen-bond donors (Lipinski definition) is 1. The van der Waals surface area contributed by atoms with E-state index in [0.717, 1.165) is 0 Å². The van der Waals surface area contributed by atoms with Crippen LogP contribution in [0.4, 0.5) is 0 Å². The predicted octanol–water partition coefficient (Wildman–Crippen LogP) is -0.597. The highest BCUT2D eigenvalue weighted by molar-refractivity contribution is 7.91. The Hall–Kier alpha value is -0.620. The zero-order valence-corrected chi connectivity index (χ0v) is 9.83. The van der Waals surface area contributed by atoms with Gasteiger partial charge in [-0.2, -0.15) is 0 Å². The van der Waals surface area contributed by atoms with Gasteiger partial charge in [-0.3, -0.25) is 4.79 Å². The number of rotatable bonds is 3. The average molecular weight is 235 g/mol. The molecule has 0 aromatic carbocycles. The number of hydrogen-bond acceptors (Lipinski definition) is 4. The Kier molecular flexibility index (Phi) is 3.72. The van der Waals surface area contributed by atoms with Gasteiger partial charge in [0, 0.05) is 13.0 Å². The third kappa shape index (κ3) is 2.69. The first-order valence-electron chi connectivity index (χ1n) is 5.09. The largest absolute Gasteiger partial charge is 0.390 e. The highest BCUT2D eigenvalue weighted by Gasteiger charge is 2.40. The van der Waals surface area contributed by atoms with E-state index in [0.29, 0.717) is 13.0 Å². The molecular formula is C9H17NO4S. The second-order valence-electron chi connectivity index (χ2n) is 3.74. The van der Waals surface area contributed by atoms with Gasteiger partial charge in [0.05, 0.1) is 23.7 Å². The molecule has 0 bridgehead atoms. The van der Waals surface area contributed by atoms with Crippen molar-refractivity contribution in [3.05, 3.63) is 0 Å². The van der Waals surface area contributed by atoms with E-state index < -0.39 is 22.0 Å². The van der Waals surface area contributed by atoms with Crippen molar-refractivity contribution in [3.8, 4) is 0 Å². The maximum absolute atomic E-state index is 11.5. The van der Waals surface area contributed by atoms with Crippen LogP contribution in [0.1, 0.15) is 20.3 Å². The van der Waals surface area contributed by atoms with Crippen LogP contribution in [0.25, 0.3) is 0 Å². The SMILES string of the molecule is CCC(=O)N(CC)[C@H]1CS(=O)(=O)C[C@H]1O. The van der Waals surface area contributed by atoms with Crippen molar-refractivity contribution < 1.29 is 18.3 Å². The molecule has 0 aromatic heterocycles. The molecule has 2 atom stereocenters. The molecule has 15 heavy (non-hydrogen) atoms. The molecule has 0 aromatic rings. The van der Waals surface area contributed by atoms with E-state index in [4.69, 9.17) is 0 Å². The smallest absolute Gasteiger partial charge is 0.222 e. The van der Waals surface area contributed by atoms with E-state index in [2.05, 4.69) is 0 Å². The van der Waals surface area contributed by atoms with E-state index in [9.17, 15) is 18.3 Å². The lowest BCUT2D eigenvalue weighted by Gasteiger charge is -2.28. The Morgan fingerprint density at radius 2 is 2.00 bits per heavy atom. The quantitative estimate of drug-likeness (QED) is 0.709. The maximum Gasteiger partial charge on any atom is 0.222 e. The first-order valence-corrected chi connectivity index (χ1v) is 6.91. The second kappa shape index (κ2) is 4.49. The fourth-order valence-electron chi connectivity index (χ4n) is 1.91. The van der Waals surface area contributed by atoms with E-state index in [1.54, 1.807) is 13.8 Å². The Labute approximate surface area is 90.0 Å². The van der Waals surface area contributed by atoms with E-state index >= 15 is 0 Å². The summed E-state index contributed by atoms with van der Waals surface area (Å²) in [6.07, 6.45) is -0.609. The van der Waals surface area contributed by atoms with Gasteiger partial charge in [0.15, 0.2) is 9.84 Å². The minimum atomic E-state index is -3.19. The van der Waals surface area contributed by atoms with Crippen LogP contribution in [0.3, 0.4) is 0 Å². The summed E-state index contributed by atoms with van der Waals surface area (Å²) in [5.74, 6) is -0.461. The lowest BCUT2D eigenvalue weighted by atomic mass is 10.1. The van der Waals surface area contributed by atoms with Crippen molar-refractivity contribution in [2.45, 2.75) is 32.4 Å². The van der Waals surface area contributed by atoms with E-state index in [1.165, 1.54) is 4.90 Å². The highest BCUT2D eigenvalue weighted by atomic mass is 32.2. The highest BCUT2D eigenvalue weighted by Crippen LogP contribution is 2.19. The molecule has 1 heterocycles. The number of amides is 1. The summed E-state index contributed by atoms with van der Waals surface area (Å²) in [5.41, 5.74) is 0. The van der Waals surface area contributed by atoms with Crippen molar-refractivity contribution in [1.82, 2.24) is 4.90 Å². The lowest BCUT2D eigenvalue weighted by Crippen LogP contribution is -2.46. The van der Waals surface area contributed by atoms with Crippen molar-refractivity contribution >= 4 is 15.7 Å². The standard InChI is InChI=1S/C9H17NO4S/c1-3-9(12)10(4-2)7-5-15(13,14)6-8(7)11/h7-8,11H,3-6H2,1-2H3/t7-,8+/m0/s1. The van der Waals surface area contributed by atoms with Gasteiger partial charge in [-0.25, -0.2) is 8.42 Å². The van der Waals surface area contributed by atoms with Crippen molar-refractivity contribution in [1.29, 1.82) is 0 Å². The van der Waals surface area contributed by atoms with Gasteiger partial charge in [-0.15, -0.1) is 0 Å². The molecule has 5 nitrogen and oxygen atoms in total. The molecule has 1 fully saturated rings. The second-order valence-corrected chi connectivity index (χ2v) is 5.90. The van der Waals surface area contributed by atoms with Gasteiger partial charge in [-0.1, -0.05) is 6.92 Å². The van der Waals surface area contributed by atoms with Crippen LogP contribution in [0, 0.1) is 0 Å². The number of likely N-dealkylation sites (N-methyl/N-ethyl adjacent to an activating group) is 1. The van der Waals surface area contributed by atoms with Crippen LogP contribution in [0.2, 0.25) is 0 Å². The van der Waals surface area contributed by atoms with Crippen LogP contribution >= 0.6 is 0 Å². The Balaban J connectivity index is 2.83. The lowest BCUT2D eigenvalue weighted by molar-refractivity contribution is -0.134. The molecule has 1 aliphatic heterocycles. The van der Waals surface area contributed by atoms with E-state index in [-0.39, 0.29) is 17.4 Å². The molecular weight excluding hydrogens is 218 g/mol. The molecule has 0 aliphatic carbocycles. The third-order valence-corrected chi connectivity index (χ3v) is 4.36. The van der Waals surface area contributed by atoms with Crippen LogP contribution in [-0.4, -0.2) is 54.5 Å². The fourth-order valence-corrected chi connectivity index (χ4v) is 3.71. The maximum atomic E-state index is 11.5. The van der Waals surface area contributed by atoms with Gasteiger partial charge in [0.1, 0.15) is 0 Å². The molecule has 1 amide bonds. The number of nitrogens with zero attached hydrogens (tertiary/aromatic N) is 1. The molecule has 0 radical (unpaired) electrons. The number of sulfone groups is 1. The van der Waals surface area contributed by atoms with Crippen LogP contribution < -0.4 is 0 Å². The monoisotopic (exact) mass is 235 g/mol. The molecule has 1 saturated heterocycles. The van der Waals surface area contributed by atoms with Gasteiger partial charge >= 0.3 is 0 Å². The van der Waals surface area contributed by atoms with Gasteiger partial charge in [-0.05, 0) is 6.92 Å². The molecule has 0 saturated carbocycles. The predicted molar refractivity (Wildman–Crippen MR) is 56.1 cm³/mol. The summed E-state index contributed by atoms with van der Waals surface area (Å²) >= 11 is 0. The summed E-state index contributed by atoms with van der Waals surface area (Å²) in [6.45, 7) is 3.94. The first-order chi connectivity index (χ1) is 6.91. The zero-order valence-electron chi connectivity index (χ0n) is 9.01. The first kappa shape index (κ1) is 12.4. The number of aliphatic hydroxyl groups excluding tert-OH is 1. The van der Waals surface area contributed by atoms with Crippen molar-refractivity contribution in [3.63, 3.8) is 0 Å². The van der Waals surface area contributed by atoms with E-state index in [1.807, 2.05) is 0 Å². The summed E-state index contributed by atoms with van der Waals surface area (Å²) in [6, 6.07) is -0.563. The van der Waals surface area contributed by atoms with Gasteiger partial charge in [0.2, 0.25) is 5.91 Å². The number of carbonyl (C=O) groups excluding carboxylic acids is 1. The summed E-state index contributed by atoms with van der Waals surface area (Å²) < 4.78 is 22.6. The Bertz CT molecular complexity index is 338. The van der Waals surface area contributed by atoms with Gasteiger partial charge in [0.25, 0.3) is 0 Å². The molecule has 1 aliphatic rings. The Morgan fingerprint density at radius 3 is 2.33 bits per heavy atom. The zero-order chi connectivity index (χ0) is 11.6. The van der Waals surface area contributed by atoms with Crippen molar-refractivity contribution in [2.75, 3.05) is 18.1 Å². The van der Waals surface area contributed by atoms with Crippen LogP contribution in [0.5, 0.6) is 0 Å². The number of aliphatic hydroxyl groups is 1. The normalized spacial score (nSPS) is 29.0. The molecule has 1 N–H and O–H groups in total. The van der Waals surface area contributed by atoms with Crippen LogP contribution in [0.15, 0.2) is 0 Å². The topological polar surface area (TPSA) is 74.7 Å².